The number of aryl methyl sites for hydroxylation is 1. The second kappa shape index (κ2) is 12.4. The van der Waals surface area contributed by atoms with Gasteiger partial charge >= 0.3 is 0 Å². The van der Waals surface area contributed by atoms with Crippen LogP contribution in [0.15, 0.2) is 91.3 Å². The first kappa shape index (κ1) is 28.7. The number of piperidine rings is 1. The summed E-state index contributed by atoms with van der Waals surface area (Å²) in [6, 6.07) is 24.0. The van der Waals surface area contributed by atoms with Crippen molar-refractivity contribution >= 4 is 26.6 Å². The summed E-state index contributed by atoms with van der Waals surface area (Å²) in [4.78, 5) is 13.5. The molecule has 0 spiro atoms. The lowest BCUT2D eigenvalue weighted by atomic mass is 10.0. The Kier molecular flexibility index (Phi) is 8.31. The van der Waals surface area contributed by atoms with Gasteiger partial charge in [-0.05, 0) is 47.2 Å². The summed E-state index contributed by atoms with van der Waals surface area (Å²) in [5, 5.41) is 7.90. The van der Waals surface area contributed by atoms with Crippen LogP contribution in [0.1, 0.15) is 23.1 Å². The first-order chi connectivity index (χ1) is 20.8. The number of sulfone groups is 1. The van der Waals surface area contributed by atoms with Gasteiger partial charge in [-0.25, -0.2) is 27.8 Å². The third-order valence-electron chi connectivity index (χ3n) is 7.44. The fraction of sp³-hybridized carbons (Fsp3) is 0.242. The molecule has 1 aliphatic heterocycles. The molecule has 6 rings (SSSR count). The average Bonchev–Trinajstić information content (AvgIpc) is 2.99. The summed E-state index contributed by atoms with van der Waals surface area (Å²) >= 11 is 0. The Labute approximate surface area is 250 Å². The van der Waals surface area contributed by atoms with E-state index in [4.69, 9.17) is 4.74 Å². The molecular formula is C33H32FN5O3S. The number of rotatable bonds is 9. The molecule has 0 unspecified atom stereocenters. The Balaban J connectivity index is 1.30. The molecule has 1 aliphatic rings. The minimum Gasteiger partial charge on any atom is -0.437 e. The SMILES string of the molecule is Cc1ccc2c(CS(=O)(=O)Cc3ccccc3)cccc2c1Oc1ncccc1-c1ccnc(N[C@@H]2CNC[C@H](F)C2)n1. The van der Waals surface area contributed by atoms with Gasteiger partial charge < -0.3 is 15.4 Å². The zero-order valence-electron chi connectivity index (χ0n) is 23.7. The maximum atomic E-state index is 13.9. The minimum absolute atomic E-state index is 0.0296. The highest BCUT2D eigenvalue weighted by Crippen LogP contribution is 2.38. The first-order valence-corrected chi connectivity index (χ1v) is 16.0. The van der Waals surface area contributed by atoms with Crippen LogP contribution in [0.3, 0.4) is 0 Å². The maximum Gasteiger partial charge on any atom is 0.228 e. The Morgan fingerprint density at radius 2 is 1.77 bits per heavy atom. The first-order valence-electron chi connectivity index (χ1n) is 14.2. The van der Waals surface area contributed by atoms with Crippen molar-refractivity contribution in [1.82, 2.24) is 20.3 Å². The van der Waals surface area contributed by atoms with Crippen LogP contribution in [0.4, 0.5) is 10.3 Å². The van der Waals surface area contributed by atoms with Gasteiger partial charge in [0.25, 0.3) is 0 Å². The number of benzene rings is 3. The standard InChI is InChI=1S/C33H32FN5O3S/c1-22-12-13-27-24(21-43(40,41)20-23-7-3-2-4-8-23)9-5-10-28(27)31(22)42-32-29(11-6-15-36-32)30-14-16-37-33(39-30)38-26-17-25(34)18-35-19-26/h2-16,25-26,35H,17-21H2,1H3,(H,37,38,39)/t25-,26+/m1/s1. The molecule has 1 saturated heterocycles. The van der Waals surface area contributed by atoms with Crippen LogP contribution in [-0.2, 0) is 21.3 Å². The number of anilines is 1. The summed E-state index contributed by atoms with van der Waals surface area (Å²) in [6.07, 6.45) is 2.77. The molecule has 2 N–H and O–H groups in total. The lowest BCUT2D eigenvalue weighted by molar-refractivity contribution is 0.254. The van der Waals surface area contributed by atoms with Crippen molar-refractivity contribution in [2.24, 2.45) is 0 Å². The number of aromatic nitrogens is 3. The van der Waals surface area contributed by atoms with Gasteiger partial charge in [-0.3, -0.25) is 0 Å². The molecule has 0 saturated carbocycles. The molecule has 2 atom stereocenters. The highest BCUT2D eigenvalue weighted by molar-refractivity contribution is 7.89. The van der Waals surface area contributed by atoms with Gasteiger partial charge in [0.1, 0.15) is 11.9 Å². The molecule has 3 aromatic carbocycles. The molecular weight excluding hydrogens is 565 g/mol. The average molecular weight is 598 g/mol. The molecule has 0 bridgehead atoms. The van der Waals surface area contributed by atoms with E-state index in [1.54, 1.807) is 18.5 Å². The van der Waals surface area contributed by atoms with Gasteiger partial charge in [0, 0.05) is 43.3 Å². The van der Waals surface area contributed by atoms with Crippen LogP contribution >= 0.6 is 0 Å². The van der Waals surface area contributed by atoms with Gasteiger partial charge in [0.2, 0.25) is 11.8 Å². The minimum atomic E-state index is -3.42. The van der Waals surface area contributed by atoms with E-state index in [1.165, 1.54) is 0 Å². The van der Waals surface area contributed by atoms with Gasteiger partial charge in [-0.15, -0.1) is 0 Å². The number of pyridine rings is 1. The predicted octanol–water partition coefficient (Wildman–Crippen LogP) is 6.02. The van der Waals surface area contributed by atoms with E-state index in [9.17, 15) is 12.8 Å². The monoisotopic (exact) mass is 597 g/mol. The van der Waals surface area contributed by atoms with Crippen molar-refractivity contribution in [3.63, 3.8) is 0 Å². The van der Waals surface area contributed by atoms with Crippen molar-refractivity contribution < 1.29 is 17.5 Å². The third-order valence-corrected chi connectivity index (χ3v) is 8.96. The Bertz CT molecular complexity index is 1850. The van der Waals surface area contributed by atoms with Crippen LogP contribution in [0.2, 0.25) is 0 Å². The fourth-order valence-electron chi connectivity index (χ4n) is 5.41. The van der Waals surface area contributed by atoms with Crippen LogP contribution in [0.5, 0.6) is 11.6 Å². The maximum absolute atomic E-state index is 13.9. The lowest BCUT2D eigenvalue weighted by Gasteiger charge is -2.26. The van der Waals surface area contributed by atoms with Crippen LogP contribution in [-0.4, -0.2) is 48.7 Å². The van der Waals surface area contributed by atoms with Crippen molar-refractivity contribution in [2.75, 3.05) is 18.4 Å². The Morgan fingerprint density at radius 3 is 2.60 bits per heavy atom. The van der Waals surface area contributed by atoms with Gasteiger partial charge in [-0.1, -0.05) is 60.7 Å². The van der Waals surface area contributed by atoms with E-state index in [1.807, 2.05) is 79.7 Å². The highest BCUT2D eigenvalue weighted by Gasteiger charge is 2.22. The summed E-state index contributed by atoms with van der Waals surface area (Å²) in [7, 11) is -3.42. The van der Waals surface area contributed by atoms with E-state index < -0.39 is 16.0 Å². The molecule has 1 fully saturated rings. The molecule has 0 radical (unpaired) electrons. The van der Waals surface area contributed by atoms with E-state index >= 15 is 0 Å². The normalized spacial score (nSPS) is 17.1. The van der Waals surface area contributed by atoms with Crippen LogP contribution in [0, 0.1) is 6.92 Å². The zero-order chi connectivity index (χ0) is 29.8. The van der Waals surface area contributed by atoms with Crippen molar-refractivity contribution in [3.8, 4) is 22.9 Å². The fourth-order valence-corrected chi connectivity index (χ4v) is 6.93. The molecule has 3 heterocycles. The molecule has 0 amide bonds. The summed E-state index contributed by atoms with van der Waals surface area (Å²) in [5.74, 6) is 1.23. The van der Waals surface area contributed by atoms with E-state index in [2.05, 4.69) is 25.6 Å². The number of hydrogen-bond donors (Lipinski definition) is 2. The topological polar surface area (TPSA) is 106 Å². The predicted molar refractivity (Wildman–Crippen MR) is 167 cm³/mol. The van der Waals surface area contributed by atoms with Gasteiger partial charge in [0.05, 0.1) is 22.8 Å². The Hall–Kier alpha value is -4.41. The second-order valence-electron chi connectivity index (χ2n) is 10.8. The summed E-state index contributed by atoms with van der Waals surface area (Å²) in [6.45, 7) is 2.93. The van der Waals surface area contributed by atoms with Crippen molar-refractivity contribution in [3.05, 3.63) is 108 Å². The number of ether oxygens (including phenoxy) is 1. The lowest BCUT2D eigenvalue weighted by Crippen LogP contribution is -2.44. The molecule has 43 heavy (non-hydrogen) atoms. The molecule has 10 heteroatoms. The van der Waals surface area contributed by atoms with E-state index in [0.717, 1.165) is 21.9 Å². The summed E-state index contributed by atoms with van der Waals surface area (Å²) in [5.41, 5.74) is 3.61. The van der Waals surface area contributed by atoms with E-state index in [0.29, 0.717) is 53.9 Å². The number of halogens is 1. The highest BCUT2D eigenvalue weighted by atomic mass is 32.2. The number of alkyl halides is 1. The second-order valence-corrected chi connectivity index (χ2v) is 12.9. The number of nitrogens with zero attached hydrogens (tertiary/aromatic N) is 3. The third kappa shape index (κ3) is 6.81. The van der Waals surface area contributed by atoms with Crippen LogP contribution in [0.25, 0.3) is 22.0 Å². The Morgan fingerprint density at radius 1 is 0.907 bits per heavy atom. The quantitative estimate of drug-likeness (QED) is 0.213. The van der Waals surface area contributed by atoms with Gasteiger partial charge in [0.15, 0.2) is 9.84 Å². The number of nitrogens with one attached hydrogen (secondary N) is 2. The zero-order valence-corrected chi connectivity index (χ0v) is 24.5. The van der Waals surface area contributed by atoms with E-state index in [-0.39, 0.29) is 17.5 Å². The molecule has 220 valence electrons. The largest absolute Gasteiger partial charge is 0.437 e. The van der Waals surface area contributed by atoms with Crippen molar-refractivity contribution in [2.45, 2.75) is 37.1 Å². The molecule has 2 aromatic heterocycles. The molecule has 8 nitrogen and oxygen atoms in total. The number of fused-ring (bicyclic) bond motifs is 1. The molecule has 0 aliphatic carbocycles. The van der Waals surface area contributed by atoms with Crippen molar-refractivity contribution in [1.29, 1.82) is 0 Å². The van der Waals surface area contributed by atoms with Crippen LogP contribution < -0.4 is 15.4 Å². The summed E-state index contributed by atoms with van der Waals surface area (Å²) < 4.78 is 46.7. The smallest absolute Gasteiger partial charge is 0.228 e. The van der Waals surface area contributed by atoms with Gasteiger partial charge in [-0.2, -0.15) is 0 Å². The molecule has 5 aromatic rings. The number of hydrogen-bond acceptors (Lipinski definition) is 8.